The molecule has 9 heteroatoms. The van der Waals surface area contributed by atoms with Gasteiger partial charge in [-0.15, -0.1) is 11.3 Å². The molecule has 152 valence electrons. The molecule has 0 saturated carbocycles. The van der Waals surface area contributed by atoms with Gasteiger partial charge in [0.25, 0.3) is 0 Å². The fraction of sp³-hybridized carbons (Fsp3) is 0.200. The fourth-order valence-electron chi connectivity index (χ4n) is 2.56. The van der Waals surface area contributed by atoms with Gasteiger partial charge in [-0.25, -0.2) is 4.98 Å². The van der Waals surface area contributed by atoms with E-state index in [1.807, 2.05) is 0 Å². The van der Waals surface area contributed by atoms with Gasteiger partial charge in [-0.05, 0) is 35.9 Å². The Morgan fingerprint density at radius 1 is 1.17 bits per heavy atom. The molecule has 0 unspecified atom stereocenters. The molecule has 3 rings (SSSR count). The van der Waals surface area contributed by atoms with Gasteiger partial charge < -0.3 is 15.4 Å². The van der Waals surface area contributed by atoms with Gasteiger partial charge in [0.1, 0.15) is 5.75 Å². The van der Waals surface area contributed by atoms with Gasteiger partial charge in [0, 0.05) is 23.2 Å². The van der Waals surface area contributed by atoms with Gasteiger partial charge in [0.15, 0.2) is 5.13 Å². The van der Waals surface area contributed by atoms with Gasteiger partial charge in [-0.2, -0.15) is 13.2 Å². The minimum absolute atomic E-state index is 0.0505. The maximum Gasteiger partial charge on any atom is 0.416 e. The molecular weight excluding hydrogens is 403 g/mol. The SMILES string of the molecule is COc1ccc(NCC(=O)Nc2ncc(Cc3cccc(C(F)(F)F)c3)s2)cc1. The Hall–Kier alpha value is -3.07. The Balaban J connectivity index is 1.53. The molecule has 0 aliphatic carbocycles. The van der Waals surface area contributed by atoms with Crippen molar-refractivity contribution < 1.29 is 22.7 Å². The fourth-order valence-corrected chi connectivity index (χ4v) is 3.42. The monoisotopic (exact) mass is 421 g/mol. The molecule has 29 heavy (non-hydrogen) atoms. The Morgan fingerprint density at radius 2 is 1.93 bits per heavy atom. The lowest BCUT2D eigenvalue weighted by molar-refractivity contribution is -0.137. The van der Waals surface area contributed by atoms with Gasteiger partial charge in [0.05, 0.1) is 19.2 Å². The number of carbonyl (C=O) groups is 1. The van der Waals surface area contributed by atoms with E-state index in [0.717, 1.165) is 28.4 Å². The summed E-state index contributed by atoms with van der Waals surface area (Å²) >= 11 is 1.23. The smallest absolute Gasteiger partial charge is 0.416 e. The first-order chi connectivity index (χ1) is 13.8. The van der Waals surface area contributed by atoms with E-state index in [9.17, 15) is 18.0 Å². The Labute approximate surface area is 169 Å². The molecule has 5 nitrogen and oxygen atoms in total. The number of ether oxygens (including phenoxy) is 1. The molecule has 0 saturated heterocycles. The molecular formula is C20H18F3N3O2S. The molecule has 0 aliphatic rings. The van der Waals surface area contributed by atoms with Gasteiger partial charge in [0.2, 0.25) is 5.91 Å². The van der Waals surface area contributed by atoms with Crippen LogP contribution in [-0.4, -0.2) is 24.5 Å². The van der Waals surface area contributed by atoms with Crippen molar-refractivity contribution in [2.45, 2.75) is 12.6 Å². The van der Waals surface area contributed by atoms with Crippen LogP contribution in [0.4, 0.5) is 24.0 Å². The van der Waals surface area contributed by atoms with Crippen molar-refractivity contribution >= 4 is 28.1 Å². The van der Waals surface area contributed by atoms with E-state index < -0.39 is 11.7 Å². The van der Waals surface area contributed by atoms with Crippen LogP contribution in [0.2, 0.25) is 0 Å². The Morgan fingerprint density at radius 3 is 2.62 bits per heavy atom. The molecule has 0 bridgehead atoms. The molecule has 1 aromatic heterocycles. The number of thiazole rings is 1. The third-order valence-corrected chi connectivity index (χ3v) is 4.89. The molecule has 1 amide bonds. The summed E-state index contributed by atoms with van der Waals surface area (Å²) in [5.41, 5.74) is 0.616. The number of amides is 1. The first kappa shape index (κ1) is 20.7. The zero-order chi connectivity index (χ0) is 20.9. The second kappa shape index (κ2) is 8.95. The lowest BCUT2D eigenvalue weighted by atomic mass is 10.1. The average molecular weight is 421 g/mol. The summed E-state index contributed by atoms with van der Waals surface area (Å²) in [6, 6.07) is 12.3. The highest BCUT2D eigenvalue weighted by Crippen LogP contribution is 2.30. The number of nitrogens with one attached hydrogen (secondary N) is 2. The topological polar surface area (TPSA) is 63.2 Å². The highest BCUT2D eigenvalue weighted by atomic mass is 32.1. The zero-order valence-electron chi connectivity index (χ0n) is 15.4. The highest BCUT2D eigenvalue weighted by molar-refractivity contribution is 7.15. The van der Waals surface area contributed by atoms with Crippen LogP contribution in [0.1, 0.15) is 16.0 Å². The molecule has 2 N–H and O–H groups in total. The number of alkyl halides is 3. The van der Waals surface area contributed by atoms with Crippen LogP contribution in [0, 0.1) is 0 Å². The van der Waals surface area contributed by atoms with Crippen LogP contribution < -0.4 is 15.4 Å². The summed E-state index contributed by atoms with van der Waals surface area (Å²) in [6.07, 6.45) is -2.52. The summed E-state index contributed by atoms with van der Waals surface area (Å²) in [5.74, 6) is 0.442. The van der Waals surface area contributed by atoms with Crippen molar-refractivity contribution in [3.8, 4) is 5.75 Å². The largest absolute Gasteiger partial charge is 0.497 e. The Kier molecular flexibility index (Phi) is 6.38. The van der Waals surface area contributed by atoms with Crippen molar-refractivity contribution in [2.75, 3.05) is 24.3 Å². The van der Waals surface area contributed by atoms with Crippen molar-refractivity contribution in [2.24, 2.45) is 0 Å². The number of hydrogen-bond acceptors (Lipinski definition) is 5. The minimum atomic E-state index is -4.38. The number of halogens is 3. The van der Waals surface area contributed by atoms with E-state index in [0.29, 0.717) is 17.1 Å². The number of carbonyl (C=O) groups excluding carboxylic acids is 1. The summed E-state index contributed by atoms with van der Waals surface area (Å²) in [5, 5.41) is 6.06. The molecule has 0 aliphatic heterocycles. The van der Waals surface area contributed by atoms with Crippen LogP contribution in [0.3, 0.4) is 0 Å². The standard InChI is InChI=1S/C20H18F3N3O2S/c1-28-16-7-5-15(6-8-16)24-12-18(27)26-19-25-11-17(29-19)10-13-3-2-4-14(9-13)20(21,22)23/h2-9,11,24H,10,12H2,1H3,(H,25,26,27). The van der Waals surface area contributed by atoms with E-state index in [1.165, 1.54) is 17.4 Å². The van der Waals surface area contributed by atoms with Crippen LogP contribution in [0.25, 0.3) is 0 Å². The second-order valence-electron chi connectivity index (χ2n) is 6.14. The molecule has 0 fully saturated rings. The van der Waals surface area contributed by atoms with Crippen LogP contribution in [0.5, 0.6) is 5.75 Å². The third kappa shape index (κ3) is 5.95. The van der Waals surface area contributed by atoms with Gasteiger partial charge in [-0.3, -0.25) is 4.79 Å². The molecule has 0 spiro atoms. The number of methoxy groups -OCH3 is 1. The maximum absolute atomic E-state index is 12.8. The quantitative estimate of drug-likeness (QED) is 0.575. The second-order valence-corrected chi connectivity index (χ2v) is 7.25. The molecule has 0 atom stereocenters. The molecule has 1 heterocycles. The lowest BCUT2D eigenvalue weighted by Gasteiger charge is -2.08. The number of rotatable bonds is 7. The number of benzene rings is 2. The maximum atomic E-state index is 12.8. The van der Waals surface area contributed by atoms with Gasteiger partial charge >= 0.3 is 6.18 Å². The predicted octanol–water partition coefficient (Wildman–Crippen LogP) is 4.81. The first-order valence-electron chi connectivity index (χ1n) is 8.62. The van der Waals surface area contributed by atoms with Crippen molar-refractivity contribution in [3.63, 3.8) is 0 Å². The summed E-state index contributed by atoms with van der Waals surface area (Å²) < 4.78 is 43.5. The number of hydrogen-bond donors (Lipinski definition) is 2. The molecule has 0 radical (unpaired) electrons. The van der Waals surface area contributed by atoms with Crippen molar-refractivity contribution in [1.29, 1.82) is 0 Å². The average Bonchev–Trinajstić information content (AvgIpc) is 3.13. The summed E-state index contributed by atoms with van der Waals surface area (Å²) in [6.45, 7) is 0.0505. The van der Waals surface area contributed by atoms with E-state index >= 15 is 0 Å². The lowest BCUT2D eigenvalue weighted by Crippen LogP contribution is -2.21. The summed E-state index contributed by atoms with van der Waals surface area (Å²) in [4.78, 5) is 16.9. The van der Waals surface area contributed by atoms with Crippen molar-refractivity contribution in [1.82, 2.24) is 4.98 Å². The van der Waals surface area contributed by atoms with Crippen LogP contribution in [-0.2, 0) is 17.4 Å². The Bertz CT molecular complexity index is 972. The van der Waals surface area contributed by atoms with Crippen LogP contribution in [0.15, 0.2) is 54.7 Å². The summed E-state index contributed by atoms with van der Waals surface area (Å²) in [7, 11) is 1.57. The number of nitrogens with zero attached hydrogens (tertiary/aromatic N) is 1. The van der Waals surface area contributed by atoms with E-state index in [1.54, 1.807) is 43.6 Å². The van der Waals surface area contributed by atoms with Crippen LogP contribution >= 0.6 is 11.3 Å². The minimum Gasteiger partial charge on any atom is -0.497 e. The first-order valence-corrected chi connectivity index (χ1v) is 9.44. The van der Waals surface area contributed by atoms with Crippen molar-refractivity contribution in [3.05, 3.63) is 70.7 Å². The highest BCUT2D eigenvalue weighted by Gasteiger charge is 2.30. The normalized spacial score (nSPS) is 11.2. The van der Waals surface area contributed by atoms with E-state index in [-0.39, 0.29) is 12.5 Å². The molecule has 3 aromatic rings. The van der Waals surface area contributed by atoms with E-state index in [2.05, 4.69) is 15.6 Å². The molecule has 2 aromatic carbocycles. The van der Waals surface area contributed by atoms with Gasteiger partial charge in [-0.1, -0.05) is 18.2 Å². The third-order valence-electron chi connectivity index (χ3n) is 3.98. The number of anilines is 2. The zero-order valence-corrected chi connectivity index (χ0v) is 16.2. The number of aromatic nitrogens is 1. The predicted molar refractivity (Wildman–Crippen MR) is 106 cm³/mol. The van der Waals surface area contributed by atoms with E-state index in [4.69, 9.17) is 4.74 Å².